The maximum Gasteiger partial charge on any atom is 0.244 e. The SMILES string of the molecule is Cc1nnc(C2(n3cc([C@@H](Nc4cc(Cl)c5ncc(C#N)c(NCC(C)(C)C)c5c4)c4ccccc4Cl)nn3)CC2)o1. The molecule has 2 N–H and O–H groups in total. The molecule has 5 aromatic rings. The number of rotatable bonds is 8. The Labute approximate surface area is 253 Å². The molecule has 0 spiro atoms. The van der Waals surface area contributed by atoms with Crippen molar-refractivity contribution in [3.05, 3.63) is 87.4 Å². The molecule has 1 saturated carbocycles. The standard InChI is InChI=1S/C30H29Cl2N9O/c1-17-37-39-28(42-17)30(9-10-30)41-15-24(38-40-41)27(20-7-5-6-8-22(20)31)36-19-11-21-25(35-16-29(2,3)4)18(13-33)14-34-26(21)23(32)12-19/h5-8,11-12,14-15,27,36H,9-10,16H2,1-4H3,(H,34,35)/t27-/m0/s1. The van der Waals surface area contributed by atoms with Gasteiger partial charge in [-0.2, -0.15) is 5.26 Å². The second-order valence-electron chi connectivity index (χ2n) is 11.8. The molecular weight excluding hydrogens is 573 g/mol. The number of nitrogens with zero attached hydrogens (tertiary/aromatic N) is 7. The molecule has 42 heavy (non-hydrogen) atoms. The molecule has 214 valence electrons. The van der Waals surface area contributed by atoms with Crippen LogP contribution >= 0.6 is 23.2 Å². The third-order valence-corrected chi connectivity index (χ3v) is 7.89. The van der Waals surface area contributed by atoms with Crippen molar-refractivity contribution in [1.29, 1.82) is 5.26 Å². The summed E-state index contributed by atoms with van der Waals surface area (Å²) in [7, 11) is 0. The van der Waals surface area contributed by atoms with E-state index in [1.807, 2.05) is 42.6 Å². The number of fused-ring (bicyclic) bond motifs is 1. The van der Waals surface area contributed by atoms with Crippen molar-refractivity contribution in [3.63, 3.8) is 0 Å². The lowest BCUT2D eigenvalue weighted by Gasteiger charge is -2.22. The number of nitriles is 1. The maximum absolute atomic E-state index is 9.85. The van der Waals surface area contributed by atoms with Gasteiger partial charge in [0, 0.05) is 35.8 Å². The molecule has 10 nitrogen and oxygen atoms in total. The fourth-order valence-electron chi connectivity index (χ4n) is 4.92. The monoisotopic (exact) mass is 601 g/mol. The smallest absolute Gasteiger partial charge is 0.244 e. The third kappa shape index (κ3) is 5.26. The van der Waals surface area contributed by atoms with Crippen molar-refractivity contribution in [2.24, 2.45) is 5.41 Å². The van der Waals surface area contributed by atoms with Gasteiger partial charge in [0.2, 0.25) is 11.8 Å². The van der Waals surface area contributed by atoms with Crippen molar-refractivity contribution >= 4 is 45.5 Å². The number of aromatic nitrogens is 6. The van der Waals surface area contributed by atoms with Gasteiger partial charge in [-0.3, -0.25) is 4.98 Å². The van der Waals surface area contributed by atoms with E-state index in [1.54, 1.807) is 17.8 Å². The first-order chi connectivity index (χ1) is 20.1. The molecule has 1 atom stereocenters. The second kappa shape index (κ2) is 10.6. The van der Waals surface area contributed by atoms with E-state index in [-0.39, 0.29) is 5.41 Å². The Hall–Kier alpha value is -4.20. The largest absolute Gasteiger partial charge is 0.423 e. The summed E-state index contributed by atoms with van der Waals surface area (Å²) < 4.78 is 7.56. The Morgan fingerprint density at radius 3 is 2.57 bits per heavy atom. The van der Waals surface area contributed by atoms with Gasteiger partial charge in [-0.1, -0.05) is 67.4 Å². The highest BCUT2D eigenvalue weighted by molar-refractivity contribution is 6.36. The zero-order chi connectivity index (χ0) is 29.6. The summed E-state index contributed by atoms with van der Waals surface area (Å²) in [5, 5.41) is 35.9. The molecule has 0 radical (unpaired) electrons. The summed E-state index contributed by atoms with van der Waals surface area (Å²) in [4.78, 5) is 4.49. The zero-order valence-corrected chi connectivity index (χ0v) is 25.1. The van der Waals surface area contributed by atoms with Crippen LogP contribution in [0.15, 0.2) is 53.2 Å². The van der Waals surface area contributed by atoms with Gasteiger partial charge in [0.25, 0.3) is 0 Å². The summed E-state index contributed by atoms with van der Waals surface area (Å²) >= 11 is 13.5. The highest BCUT2D eigenvalue weighted by Crippen LogP contribution is 2.48. The highest BCUT2D eigenvalue weighted by atomic mass is 35.5. The Morgan fingerprint density at radius 1 is 1.12 bits per heavy atom. The number of halogens is 2. The van der Waals surface area contributed by atoms with Crippen LogP contribution in [0, 0.1) is 23.7 Å². The van der Waals surface area contributed by atoms with Crippen LogP contribution in [-0.2, 0) is 5.54 Å². The molecule has 12 heteroatoms. The lowest BCUT2D eigenvalue weighted by atomic mass is 9.96. The van der Waals surface area contributed by atoms with Gasteiger partial charge in [-0.15, -0.1) is 15.3 Å². The molecule has 0 bridgehead atoms. The minimum absolute atomic E-state index is 0.0121. The van der Waals surface area contributed by atoms with E-state index in [2.05, 4.69) is 63.0 Å². The van der Waals surface area contributed by atoms with Crippen molar-refractivity contribution in [2.45, 2.75) is 52.1 Å². The van der Waals surface area contributed by atoms with Crippen LogP contribution in [0.3, 0.4) is 0 Å². The second-order valence-corrected chi connectivity index (χ2v) is 12.6. The first-order valence-corrected chi connectivity index (χ1v) is 14.3. The molecule has 3 heterocycles. The lowest BCUT2D eigenvalue weighted by Crippen LogP contribution is -2.20. The van der Waals surface area contributed by atoms with Crippen LogP contribution in [0.1, 0.15) is 68.3 Å². The van der Waals surface area contributed by atoms with E-state index in [0.717, 1.165) is 23.8 Å². The summed E-state index contributed by atoms with van der Waals surface area (Å²) in [5.41, 5.74) is 3.39. The van der Waals surface area contributed by atoms with Crippen LogP contribution in [-0.4, -0.2) is 36.7 Å². The maximum atomic E-state index is 9.85. The van der Waals surface area contributed by atoms with Crippen LogP contribution < -0.4 is 10.6 Å². The number of benzene rings is 2. The average Bonchev–Trinajstić information content (AvgIpc) is 3.38. The summed E-state index contributed by atoms with van der Waals surface area (Å²) in [6, 6.07) is 13.1. The summed E-state index contributed by atoms with van der Waals surface area (Å²) in [5.74, 6) is 1.03. The third-order valence-electron chi connectivity index (χ3n) is 7.26. The lowest BCUT2D eigenvalue weighted by molar-refractivity contribution is 0.359. The van der Waals surface area contributed by atoms with Crippen molar-refractivity contribution in [3.8, 4) is 6.07 Å². The predicted molar refractivity (Wildman–Crippen MR) is 162 cm³/mol. The first-order valence-electron chi connectivity index (χ1n) is 13.6. The fourth-order valence-corrected chi connectivity index (χ4v) is 5.43. The van der Waals surface area contributed by atoms with Crippen LogP contribution in [0.4, 0.5) is 11.4 Å². The van der Waals surface area contributed by atoms with Crippen molar-refractivity contribution in [1.82, 2.24) is 30.2 Å². The van der Waals surface area contributed by atoms with Gasteiger partial charge in [0.15, 0.2) is 0 Å². The van der Waals surface area contributed by atoms with E-state index in [4.69, 9.17) is 27.6 Å². The quantitative estimate of drug-likeness (QED) is 0.195. The molecule has 0 amide bonds. The molecule has 1 aliphatic rings. The average molecular weight is 603 g/mol. The normalized spacial score (nSPS) is 14.9. The molecule has 0 unspecified atom stereocenters. The minimum Gasteiger partial charge on any atom is -0.423 e. The summed E-state index contributed by atoms with van der Waals surface area (Å²) in [6.45, 7) is 8.81. The highest BCUT2D eigenvalue weighted by Gasteiger charge is 2.52. The molecule has 3 aromatic heterocycles. The number of hydrogen-bond acceptors (Lipinski definition) is 9. The first kappa shape index (κ1) is 27.9. The van der Waals surface area contributed by atoms with E-state index < -0.39 is 11.6 Å². The Morgan fingerprint density at radius 2 is 1.90 bits per heavy atom. The van der Waals surface area contributed by atoms with Crippen LogP contribution in [0.5, 0.6) is 0 Å². The molecule has 0 saturated heterocycles. The fraction of sp³-hybridized carbons (Fsp3) is 0.333. The van der Waals surface area contributed by atoms with E-state index >= 15 is 0 Å². The van der Waals surface area contributed by atoms with Gasteiger partial charge in [0.05, 0.1) is 34.0 Å². The predicted octanol–water partition coefficient (Wildman–Crippen LogP) is 6.89. The molecule has 1 aliphatic carbocycles. The zero-order valence-electron chi connectivity index (χ0n) is 23.6. The Bertz CT molecular complexity index is 1830. The summed E-state index contributed by atoms with van der Waals surface area (Å²) in [6.07, 6.45) is 5.08. The number of aryl methyl sites for hydroxylation is 1. The molecule has 6 rings (SSSR count). The van der Waals surface area contributed by atoms with Crippen LogP contribution in [0.2, 0.25) is 10.0 Å². The molecule has 0 aliphatic heterocycles. The number of hydrogen-bond donors (Lipinski definition) is 2. The van der Waals surface area contributed by atoms with E-state index in [1.165, 1.54) is 0 Å². The molecule has 2 aromatic carbocycles. The topological polar surface area (TPSA) is 130 Å². The number of pyridine rings is 1. The molecular formula is C30H29Cl2N9O. The minimum atomic E-state index is -0.503. The van der Waals surface area contributed by atoms with E-state index in [9.17, 15) is 5.26 Å². The number of nitrogens with one attached hydrogen (secondary N) is 2. The van der Waals surface area contributed by atoms with Gasteiger partial charge in [-0.25, -0.2) is 4.68 Å². The molecule has 1 fully saturated rings. The number of anilines is 2. The van der Waals surface area contributed by atoms with Crippen molar-refractivity contribution in [2.75, 3.05) is 17.2 Å². The van der Waals surface area contributed by atoms with Gasteiger partial charge >= 0.3 is 0 Å². The van der Waals surface area contributed by atoms with Crippen LogP contribution in [0.25, 0.3) is 10.9 Å². The van der Waals surface area contributed by atoms with Gasteiger partial charge in [0.1, 0.15) is 17.3 Å². The van der Waals surface area contributed by atoms with Crippen molar-refractivity contribution < 1.29 is 4.42 Å². The van der Waals surface area contributed by atoms with E-state index in [0.29, 0.717) is 56.5 Å². The Balaban J connectivity index is 1.42. The Kier molecular flexibility index (Phi) is 7.03. The van der Waals surface area contributed by atoms with Gasteiger partial charge in [-0.05, 0) is 42.0 Å². The van der Waals surface area contributed by atoms with Gasteiger partial charge < -0.3 is 15.1 Å².